The van der Waals surface area contributed by atoms with Gasteiger partial charge < -0.3 is 4.74 Å². The Labute approximate surface area is 116 Å². The number of rotatable bonds is 3. The van der Waals surface area contributed by atoms with Crippen molar-refractivity contribution in [2.45, 2.75) is 4.83 Å². The molecule has 0 amide bonds. The van der Waals surface area contributed by atoms with E-state index < -0.39 is 0 Å². The summed E-state index contributed by atoms with van der Waals surface area (Å²) in [4.78, 5) is 1.53. The van der Waals surface area contributed by atoms with Gasteiger partial charge in [-0.25, -0.2) is 0 Å². The lowest BCUT2D eigenvalue weighted by Gasteiger charge is -2.08. The topological polar surface area (TPSA) is 9.23 Å². The predicted molar refractivity (Wildman–Crippen MR) is 75.8 cm³/mol. The van der Waals surface area contributed by atoms with Crippen molar-refractivity contribution in [1.29, 1.82) is 0 Å². The summed E-state index contributed by atoms with van der Waals surface area (Å²) >= 11 is 8.92. The van der Waals surface area contributed by atoms with E-state index in [9.17, 15) is 0 Å². The Bertz CT molecular complexity index is 464. The lowest BCUT2D eigenvalue weighted by atomic mass is 10.1. The first kappa shape index (κ1) is 12.1. The number of ether oxygens (including phenoxy) is 1. The fourth-order valence-corrected chi connectivity index (χ4v) is 3.57. The van der Waals surface area contributed by atoms with Crippen LogP contribution in [0, 0.1) is 0 Å². The molecule has 1 unspecified atom stereocenters. The number of thiophene rings is 1. The molecule has 84 valence electrons. The fraction of sp³-hybridized carbons (Fsp3) is 0.167. The zero-order valence-corrected chi connectivity index (χ0v) is 12.6. The van der Waals surface area contributed by atoms with Gasteiger partial charge in [-0.1, -0.05) is 28.1 Å². The van der Waals surface area contributed by atoms with E-state index in [1.54, 1.807) is 18.4 Å². The fourth-order valence-electron chi connectivity index (χ4n) is 1.40. The first-order valence-corrected chi connectivity index (χ1v) is 7.26. The highest BCUT2D eigenvalue weighted by atomic mass is 79.9. The summed E-state index contributed by atoms with van der Waals surface area (Å²) in [5.74, 6) is 0.885. The summed E-state index contributed by atoms with van der Waals surface area (Å²) in [5.41, 5.74) is 1.23. The first-order chi connectivity index (χ1) is 7.70. The first-order valence-electron chi connectivity index (χ1n) is 4.74. The molecule has 1 nitrogen and oxygen atoms in total. The maximum absolute atomic E-state index is 5.14. The maximum Gasteiger partial charge on any atom is 0.118 e. The van der Waals surface area contributed by atoms with Crippen LogP contribution in [-0.4, -0.2) is 7.11 Å². The molecule has 0 saturated heterocycles. The van der Waals surface area contributed by atoms with Crippen molar-refractivity contribution >= 4 is 43.2 Å². The molecule has 0 aliphatic rings. The van der Waals surface area contributed by atoms with Crippen molar-refractivity contribution in [1.82, 2.24) is 0 Å². The van der Waals surface area contributed by atoms with E-state index >= 15 is 0 Å². The average Bonchev–Trinajstić information content (AvgIpc) is 2.75. The molecule has 0 spiro atoms. The molecular weight excluding hydrogens is 352 g/mol. The third kappa shape index (κ3) is 2.67. The Kier molecular flexibility index (Phi) is 4.05. The zero-order valence-electron chi connectivity index (χ0n) is 8.61. The van der Waals surface area contributed by atoms with E-state index in [1.165, 1.54) is 10.4 Å². The van der Waals surface area contributed by atoms with Crippen molar-refractivity contribution in [3.05, 3.63) is 50.6 Å². The van der Waals surface area contributed by atoms with Gasteiger partial charge in [0, 0.05) is 4.88 Å². The molecule has 16 heavy (non-hydrogen) atoms. The van der Waals surface area contributed by atoms with Crippen LogP contribution in [0.15, 0.2) is 40.2 Å². The van der Waals surface area contributed by atoms with Crippen molar-refractivity contribution in [2.24, 2.45) is 0 Å². The molecule has 0 saturated carbocycles. The maximum atomic E-state index is 5.14. The predicted octanol–water partition coefficient (Wildman–Crippen LogP) is 5.00. The number of hydrogen-bond donors (Lipinski definition) is 0. The van der Waals surface area contributed by atoms with Gasteiger partial charge in [-0.2, -0.15) is 0 Å². The number of benzene rings is 1. The van der Waals surface area contributed by atoms with E-state index in [0.29, 0.717) is 0 Å². The van der Waals surface area contributed by atoms with Crippen LogP contribution in [0.25, 0.3) is 0 Å². The normalized spacial score (nSPS) is 12.4. The number of hydrogen-bond acceptors (Lipinski definition) is 2. The van der Waals surface area contributed by atoms with E-state index in [0.717, 1.165) is 9.54 Å². The van der Waals surface area contributed by atoms with Gasteiger partial charge in [-0.15, -0.1) is 11.3 Å². The van der Waals surface area contributed by atoms with Crippen molar-refractivity contribution < 1.29 is 4.74 Å². The van der Waals surface area contributed by atoms with E-state index in [-0.39, 0.29) is 4.83 Å². The molecule has 1 atom stereocenters. The van der Waals surface area contributed by atoms with Gasteiger partial charge in [0.05, 0.1) is 15.7 Å². The minimum atomic E-state index is 0.245. The Morgan fingerprint density at radius 1 is 1.12 bits per heavy atom. The molecule has 0 aliphatic carbocycles. The lowest BCUT2D eigenvalue weighted by Crippen LogP contribution is -1.89. The number of methoxy groups -OCH3 is 1. The summed E-state index contributed by atoms with van der Waals surface area (Å²) in [7, 11) is 1.68. The van der Waals surface area contributed by atoms with Crippen molar-refractivity contribution in [2.75, 3.05) is 7.11 Å². The Balaban J connectivity index is 2.23. The van der Waals surface area contributed by atoms with Crippen LogP contribution in [0.1, 0.15) is 15.3 Å². The summed E-state index contributed by atoms with van der Waals surface area (Å²) in [6.45, 7) is 0. The van der Waals surface area contributed by atoms with Crippen LogP contribution in [0.3, 0.4) is 0 Å². The molecule has 1 aromatic carbocycles. The molecule has 0 fully saturated rings. The van der Waals surface area contributed by atoms with Gasteiger partial charge >= 0.3 is 0 Å². The highest BCUT2D eigenvalue weighted by Crippen LogP contribution is 2.37. The summed E-state index contributed by atoms with van der Waals surface area (Å²) in [5, 5.41) is 0. The molecule has 4 heteroatoms. The summed E-state index contributed by atoms with van der Waals surface area (Å²) in [6.07, 6.45) is 0. The monoisotopic (exact) mass is 360 g/mol. The Morgan fingerprint density at radius 3 is 2.31 bits per heavy atom. The third-order valence-electron chi connectivity index (χ3n) is 2.25. The number of alkyl halides is 1. The highest BCUT2D eigenvalue weighted by Gasteiger charge is 2.12. The van der Waals surface area contributed by atoms with Gasteiger partial charge in [-0.05, 0) is 45.8 Å². The molecule has 0 N–H and O–H groups in total. The smallest absolute Gasteiger partial charge is 0.118 e. The zero-order chi connectivity index (χ0) is 11.5. The Hall–Kier alpha value is -0.320. The molecule has 0 radical (unpaired) electrons. The third-order valence-corrected chi connectivity index (χ3v) is 5.27. The summed E-state index contributed by atoms with van der Waals surface area (Å²) in [6, 6.07) is 12.3. The van der Waals surface area contributed by atoms with Crippen molar-refractivity contribution in [3.8, 4) is 5.75 Å². The van der Waals surface area contributed by atoms with Crippen LogP contribution in [0.5, 0.6) is 5.75 Å². The quantitative estimate of drug-likeness (QED) is 0.698. The molecule has 1 aromatic heterocycles. The van der Waals surface area contributed by atoms with Crippen molar-refractivity contribution in [3.63, 3.8) is 0 Å². The minimum absolute atomic E-state index is 0.245. The standard InChI is InChI=1S/C12H10Br2OS/c1-15-9-4-2-8(3-5-9)12(14)10-6-7-11(13)16-10/h2-7,12H,1H3. The number of halogens is 2. The SMILES string of the molecule is COc1ccc(C(Br)c2ccc(Br)s2)cc1. The molecule has 0 bridgehead atoms. The van der Waals surface area contributed by atoms with Crippen LogP contribution < -0.4 is 4.74 Å². The van der Waals surface area contributed by atoms with Crippen LogP contribution in [0.2, 0.25) is 0 Å². The van der Waals surface area contributed by atoms with E-state index in [2.05, 4.69) is 56.1 Å². The van der Waals surface area contributed by atoms with Crippen LogP contribution in [-0.2, 0) is 0 Å². The van der Waals surface area contributed by atoms with Gasteiger partial charge in [0.15, 0.2) is 0 Å². The van der Waals surface area contributed by atoms with Gasteiger partial charge in [-0.3, -0.25) is 0 Å². The lowest BCUT2D eigenvalue weighted by molar-refractivity contribution is 0.414. The largest absolute Gasteiger partial charge is 0.497 e. The highest BCUT2D eigenvalue weighted by molar-refractivity contribution is 9.11. The summed E-state index contributed by atoms with van der Waals surface area (Å²) < 4.78 is 6.29. The second kappa shape index (κ2) is 5.34. The molecule has 0 aliphatic heterocycles. The second-order valence-corrected chi connectivity index (χ2v) is 6.69. The van der Waals surface area contributed by atoms with Gasteiger partial charge in [0.1, 0.15) is 5.75 Å². The Morgan fingerprint density at radius 2 is 1.81 bits per heavy atom. The van der Waals surface area contributed by atoms with E-state index in [1.807, 2.05) is 12.1 Å². The van der Waals surface area contributed by atoms with Gasteiger partial charge in [0.2, 0.25) is 0 Å². The second-order valence-electron chi connectivity index (χ2n) is 3.28. The van der Waals surface area contributed by atoms with Gasteiger partial charge in [0.25, 0.3) is 0 Å². The minimum Gasteiger partial charge on any atom is -0.497 e. The van der Waals surface area contributed by atoms with Crippen LogP contribution in [0.4, 0.5) is 0 Å². The van der Waals surface area contributed by atoms with E-state index in [4.69, 9.17) is 4.74 Å². The molecule has 1 heterocycles. The average molecular weight is 362 g/mol. The molecule has 2 aromatic rings. The molecular formula is C12H10Br2OS. The molecule has 2 rings (SSSR count). The van der Waals surface area contributed by atoms with Crippen LogP contribution >= 0.6 is 43.2 Å².